The molecule has 0 aromatic heterocycles. The highest BCUT2D eigenvalue weighted by Gasteiger charge is 2.28. The van der Waals surface area contributed by atoms with Crippen molar-refractivity contribution in [3.05, 3.63) is 29.3 Å². The topological polar surface area (TPSA) is 15.3 Å². The van der Waals surface area contributed by atoms with Crippen LogP contribution in [0.5, 0.6) is 0 Å². The molecule has 1 aromatic carbocycles. The van der Waals surface area contributed by atoms with Crippen LogP contribution in [-0.4, -0.2) is 19.6 Å². The summed E-state index contributed by atoms with van der Waals surface area (Å²) in [6, 6.07) is 2.92. The van der Waals surface area contributed by atoms with Crippen molar-refractivity contribution in [1.82, 2.24) is 5.32 Å². The molecule has 118 valence electrons. The van der Waals surface area contributed by atoms with Crippen molar-refractivity contribution in [1.29, 1.82) is 0 Å². The molecule has 1 aliphatic heterocycles. The van der Waals surface area contributed by atoms with E-state index in [2.05, 4.69) is 26.1 Å². The maximum atomic E-state index is 14.3. The van der Waals surface area contributed by atoms with Crippen LogP contribution in [0, 0.1) is 23.5 Å². The SMILES string of the molecule is CCCNCc1cc(F)c(N2CCC(C(C)C)C2)c(F)c1. The minimum absolute atomic E-state index is 0.150. The highest BCUT2D eigenvalue weighted by molar-refractivity contribution is 5.51. The minimum atomic E-state index is -0.437. The Bertz CT molecular complexity index is 451. The number of anilines is 1. The standard InChI is InChI=1S/C17H26F2N2/c1-4-6-20-10-13-8-15(18)17(16(19)9-13)21-7-5-14(11-21)12(2)3/h8-9,12,14,20H,4-7,10-11H2,1-3H3. The van der Waals surface area contributed by atoms with E-state index in [1.54, 1.807) is 0 Å². The van der Waals surface area contributed by atoms with Crippen LogP contribution in [0.2, 0.25) is 0 Å². The van der Waals surface area contributed by atoms with E-state index in [4.69, 9.17) is 0 Å². The van der Waals surface area contributed by atoms with Gasteiger partial charge >= 0.3 is 0 Å². The third-order valence-electron chi connectivity index (χ3n) is 4.32. The fourth-order valence-corrected chi connectivity index (χ4v) is 2.97. The molecular weight excluding hydrogens is 270 g/mol. The van der Waals surface area contributed by atoms with Crippen LogP contribution >= 0.6 is 0 Å². The van der Waals surface area contributed by atoms with Gasteiger partial charge in [-0.2, -0.15) is 0 Å². The lowest BCUT2D eigenvalue weighted by Crippen LogP contribution is -2.24. The molecule has 2 nitrogen and oxygen atoms in total. The smallest absolute Gasteiger partial charge is 0.149 e. The Balaban J connectivity index is 2.10. The first-order chi connectivity index (χ1) is 10.0. The Labute approximate surface area is 126 Å². The Morgan fingerprint density at radius 1 is 1.29 bits per heavy atom. The molecule has 1 heterocycles. The summed E-state index contributed by atoms with van der Waals surface area (Å²) in [7, 11) is 0. The quantitative estimate of drug-likeness (QED) is 0.800. The van der Waals surface area contributed by atoms with Gasteiger partial charge in [-0.15, -0.1) is 0 Å². The van der Waals surface area contributed by atoms with Crippen molar-refractivity contribution in [2.75, 3.05) is 24.5 Å². The molecule has 1 fully saturated rings. The summed E-state index contributed by atoms with van der Waals surface area (Å²) in [6.07, 6.45) is 2.02. The van der Waals surface area contributed by atoms with Gasteiger partial charge in [-0.1, -0.05) is 20.8 Å². The van der Waals surface area contributed by atoms with Gasteiger partial charge in [0.1, 0.15) is 17.3 Å². The summed E-state index contributed by atoms with van der Waals surface area (Å²) in [5.74, 6) is 0.203. The van der Waals surface area contributed by atoms with Crippen molar-refractivity contribution < 1.29 is 8.78 Å². The normalized spacial score (nSPS) is 18.8. The van der Waals surface area contributed by atoms with E-state index in [0.717, 1.165) is 32.5 Å². The number of halogens is 2. The summed E-state index contributed by atoms with van der Waals surface area (Å²) in [4.78, 5) is 1.86. The zero-order chi connectivity index (χ0) is 15.4. The van der Waals surface area contributed by atoms with Gasteiger partial charge in [0, 0.05) is 19.6 Å². The van der Waals surface area contributed by atoms with Gasteiger partial charge in [0.15, 0.2) is 0 Å². The van der Waals surface area contributed by atoms with Crippen molar-refractivity contribution >= 4 is 5.69 Å². The largest absolute Gasteiger partial charge is 0.366 e. The van der Waals surface area contributed by atoms with E-state index in [0.29, 0.717) is 23.9 Å². The van der Waals surface area contributed by atoms with Crippen LogP contribution in [0.1, 0.15) is 39.2 Å². The molecule has 1 atom stereocenters. The fourth-order valence-electron chi connectivity index (χ4n) is 2.97. The second-order valence-corrected chi connectivity index (χ2v) is 6.32. The molecule has 1 unspecified atom stereocenters. The molecule has 1 N–H and O–H groups in total. The second-order valence-electron chi connectivity index (χ2n) is 6.32. The Morgan fingerprint density at radius 3 is 2.48 bits per heavy atom. The number of nitrogens with one attached hydrogen (secondary N) is 1. The van der Waals surface area contributed by atoms with Gasteiger partial charge in [0.25, 0.3) is 0 Å². The molecular formula is C17H26F2N2. The molecule has 0 spiro atoms. The van der Waals surface area contributed by atoms with Gasteiger partial charge in [-0.25, -0.2) is 8.78 Å². The number of nitrogens with zero attached hydrogens (tertiary/aromatic N) is 1. The van der Waals surface area contributed by atoms with Crippen molar-refractivity contribution in [2.45, 2.75) is 40.2 Å². The zero-order valence-corrected chi connectivity index (χ0v) is 13.3. The van der Waals surface area contributed by atoms with Gasteiger partial charge in [-0.05, 0) is 48.9 Å². The summed E-state index contributed by atoms with van der Waals surface area (Å²) < 4.78 is 28.6. The Hall–Kier alpha value is -1.16. The molecule has 0 aliphatic carbocycles. The van der Waals surface area contributed by atoms with E-state index < -0.39 is 11.6 Å². The molecule has 4 heteroatoms. The zero-order valence-electron chi connectivity index (χ0n) is 13.3. The predicted molar refractivity (Wildman–Crippen MR) is 83.5 cm³/mol. The monoisotopic (exact) mass is 296 g/mol. The lowest BCUT2D eigenvalue weighted by atomic mass is 9.95. The van der Waals surface area contributed by atoms with Crippen LogP contribution in [-0.2, 0) is 6.54 Å². The van der Waals surface area contributed by atoms with E-state index in [1.807, 2.05) is 4.90 Å². The maximum absolute atomic E-state index is 14.3. The average molecular weight is 296 g/mol. The number of hydrogen-bond acceptors (Lipinski definition) is 2. The molecule has 0 bridgehead atoms. The highest BCUT2D eigenvalue weighted by Crippen LogP contribution is 2.32. The van der Waals surface area contributed by atoms with Gasteiger partial charge < -0.3 is 10.2 Å². The number of rotatable bonds is 6. The van der Waals surface area contributed by atoms with Crippen LogP contribution in [0.4, 0.5) is 14.5 Å². The van der Waals surface area contributed by atoms with E-state index >= 15 is 0 Å². The molecule has 0 radical (unpaired) electrons. The van der Waals surface area contributed by atoms with Crippen molar-refractivity contribution in [3.63, 3.8) is 0 Å². The molecule has 21 heavy (non-hydrogen) atoms. The summed E-state index contributed by atoms with van der Waals surface area (Å²) >= 11 is 0. The van der Waals surface area contributed by atoms with Crippen LogP contribution in [0.15, 0.2) is 12.1 Å². The molecule has 1 aromatic rings. The molecule has 1 aliphatic rings. The second kappa shape index (κ2) is 7.21. The minimum Gasteiger partial charge on any atom is -0.366 e. The van der Waals surface area contributed by atoms with Crippen molar-refractivity contribution in [3.8, 4) is 0 Å². The van der Waals surface area contributed by atoms with E-state index in [1.165, 1.54) is 12.1 Å². The highest BCUT2D eigenvalue weighted by atomic mass is 19.1. The fraction of sp³-hybridized carbons (Fsp3) is 0.647. The first-order valence-electron chi connectivity index (χ1n) is 7.96. The van der Waals surface area contributed by atoms with Crippen LogP contribution in [0.25, 0.3) is 0 Å². The lowest BCUT2D eigenvalue weighted by molar-refractivity contribution is 0.422. The third-order valence-corrected chi connectivity index (χ3v) is 4.32. The van der Waals surface area contributed by atoms with E-state index in [9.17, 15) is 8.78 Å². The summed E-state index contributed by atoms with van der Waals surface area (Å²) in [5.41, 5.74) is 0.819. The predicted octanol–water partition coefficient (Wildman–Crippen LogP) is 3.95. The lowest BCUT2D eigenvalue weighted by Gasteiger charge is -2.22. The van der Waals surface area contributed by atoms with Gasteiger partial charge in [0.05, 0.1) is 0 Å². The van der Waals surface area contributed by atoms with Gasteiger partial charge in [0.2, 0.25) is 0 Å². The first-order valence-corrected chi connectivity index (χ1v) is 7.96. The van der Waals surface area contributed by atoms with Gasteiger partial charge in [-0.3, -0.25) is 0 Å². The number of benzene rings is 1. The van der Waals surface area contributed by atoms with Crippen LogP contribution < -0.4 is 10.2 Å². The first kappa shape index (κ1) is 16.2. The molecule has 2 rings (SSSR count). The van der Waals surface area contributed by atoms with Crippen molar-refractivity contribution in [2.24, 2.45) is 11.8 Å². The third kappa shape index (κ3) is 3.94. The Morgan fingerprint density at radius 2 is 1.95 bits per heavy atom. The average Bonchev–Trinajstić information content (AvgIpc) is 2.88. The molecule has 1 saturated heterocycles. The van der Waals surface area contributed by atoms with Crippen LogP contribution in [0.3, 0.4) is 0 Å². The maximum Gasteiger partial charge on any atom is 0.149 e. The molecule has 0 saturated carbocycles. The summed E-state index contributed by atoms with van der Waals surface area (Å²) in [6.45, 7) is 9.26. The van der Waals surface area contributed by atoms with E-state index in [-0.39, 0.29) is 5.69 Å². The molecule has 0 amide bonds. The Kier molecular flexibility index (Phi) is 5.57. The number of hydrogen-bond donors (Lipinski definition) is 1. The summed E-state index contributed by atoms with van der Waals surface area (Å²) in [5, 5.41) is 3.17.